The van der Waals surface area contributed by atoms with E-state index in [2.05, 4.69) is 9.97 Å². The number of rotatable bonds is 3. The van der Waals surface area contributed by atoms with Crippen molar-refractivity contribution in [3.8, 4) is 11.3 Å². The average molecular weight is 456 g/mol. The highest BCUT2D eigenvalue weighted by Crippen LogP contribution is 2.36. The zero-order valence-corrected chi connectivity index (χ0v) is 16.4. The number of carboxylic acid groups (broad SMARTS) is 1. The van der Waals surface area contributed by atoms with Gasteiger partial charge in [0.25, 0.3) is 0 Å². The number of benzene rings is 2. The van der Waals surface area contributed by atoms with Crippen LogP contribution in [-0.4, -0.2) is 21.0 Å². The molecule has 0 aliphatic rings. The van der Waals surface area contributed by atoms with Gasteiger partial charge in [-0.2, -0.15) is 26.3 Å². The lowest BCUT2D eigenvalue weighted by Gasteiger charge is -2.14. The quantitative estimate of drug-likeness (QED) is 0.461. The van der Waals surface area contributed by atoms with E-state index in [1.54, 1.807) is 6.92 Å². The van der Waals surface area contributed by atoms with Crippen molar-refractivity contribution >= 4 is 5.97 Å². The largest absolute Gasteiger partial charge is 0.674 e. The second kappa shape index (κ2) is 9.77. The Hall–Kier alpha value is -3.47. The topological polar surface area (TPSA) is 86.9 Å². The fraction of sp³-hybridized carbons (Fsp3) is 0.190. The van der Waals surface area contributed by atoms with Crippen LogP contribution in [0, 0.1) is 6.92 Å². The molecule has 0 amide bonds. The van der Waals surface area contributed by atoms with Crippen LogP contribution in [0.1, 0.15) is 32.9 Å². The van der Waals surface area contributed by atoms with Crippen molar-refractivity contribution in [2.75, 3.05) is 0 Å². The molecule has 3 aromatic rings. The van der Waals surface area contributed by atoms with Crippen LogP contribution in [0.25, 0.3) is 17.0 Å². The monoisotopic (exact) mass is 456 g/mol. The Morgan fingerprint density at radius 1 is 0.969 bits per heavy atom. The number of nitrogens with zero attached hydrogens (tertiary/aromatic N) is 2. The number of nitrogens with one attached hydrogen (secondary N) is 1. The first kappa shape index (κ1) is 24.8. The third-order valence-corrected chi connectivity index (χ3v) is 4.04. The fourth-order valence-electron chi connectivity index (χ4n) is 2.56. The van der Waals surface area contributed by atoms with Gasteiger partial charge in [-0.05, 0) is 25.1 Å². The second-order valence-electron chi connectivity index (χ2n) is 6.44. The number of hydrogen-bond donors (Lipinski definition) is 1. The van der Waals surface area contributed by atoms with Gasteiger partial charge < -0.3 is 10.8 Å². The molecule has 0 aliphatic carbocycles. The van der Waals surface area contributed by atoms with Crippen molar-refractivity contribution in [3.63, 3.8) is 0 Å². The van der Waals surface area contributed by atoms with Crippen molar-refractivity contribution in [3.05, 3.63) is 88.5 Å². The molecule has 0 atom stereocenters. The Kier molecular flexibility index (Phi) is 7.57. The molecule has 0 unspecified atom stereocenters. The van der Waals surface area contributed by atoms with Crippen LogP contribution in [0.2, 0.25) is 0 Å². The molecule has 0 radical (unpaired) electrons. The minimum Gasteiger partial charge on any atom is -0.674 e. The lowest BCUT2D eigenvalue weighted by molar-refractivity contribution is -0.143. The molecule has 2 N–H and O–H groups in total. The minimum atomic E-state index is -4.84. The highest BCUT2D eigenvalue weighted by molar-refractivity contribution is 5.94. The predicted molar refractivity (Wildman–Crippen MR) is 104 cm³/mol. The van der Waals surface area contributed by atoms with Crippen LogP contribution < -0.4 is 0 Å². The van der Waals surface area contributed by atoms with Gasteiger partial charge in [-0.3, -0.25) is 0 Å². The molecule has 11 heteroatoms. The molecule has 0 spiro atoms. The van der Waals surface area contributed by atoms with E-state index >= 15 is 0 Å². The van der Waals surface area contributed by atoms with E-state index in [0.717, 1.165) is 5.56 Å². The number of aromatic carboxylic acids is 1. The summed E-state index contributed by atoms with van der Waals surface area (Å²) in [4.78, 5) is 19.1. The maximum atomic E-state index is 12.2. The van der Waals surface area contributed by atoms with Gasteiger partial charge in [0.1, 0.15) is 11.4 Å². The normalized spacial score (nSPS) is 11.5. The summed E-state index contributed by atoms with van der Waals surface area (Å²) >= 11 is 0. The molecule has 2 aromatic carbocycles. The smallest absolute Gasteiger partial charge is 0.416 e. The first-order valence-corrected chi connectivity index (χ1v) is 8.88. The molecular weight excluding hydrogens is 440 g/mol. The Bertz CT molecular complexity index is 1050. The van der Waals surface area contributed by atoms with Crippen LogP contribution in [0.4, 0.5) is 26.3 Å². The minimum absolute atomic E-state index is 0.0408. The third kappa shape index (κ3) is 6.51. The second-order valence-corrected chi connectivity index (χ2v) is 6.44. The maximum absolute atomic E-state index is 12.2. The molecule has 0 bridgehead atoms. The molecule has 1 heterocycles. The number of carbonyl (C=O) groups is 1. The molecule has 32 heavy (non-hydrogen) atoms. The molecule has 5 nitrogen and oxygen atoms in total. The van der Waals surface area contributed by atoms with E-state index in [1.807, 2.05) is 30.3 Å². The van der Waals surface area contributed by atoms with Gasteiger partial charge >= 0.3 is 18.3 Å². The van der Waals surface area contributed by atoms with E-state index in [4.69, 9.17) is 10.8 Å². The van der Waals surface area contributed by atoms with E-state index in [1.165, 1.54) is 6.20 Å². The zero-order chi connectivity index (χ0) is 24.1. The summed E-state index contributed by atoms with van der Waals surface area (Å²) in [5.41, 5.74) is 5.09. The van der Waals surface area contributed by atoms with Gasteiger partial charge in [-0.25, -0.2) is 14.8 Å². The Balaban J connectivity index is 0.000000227. The van der Waals surface area contributed by atoms with Crippen molar-refractivity contribution < 1.29 is 36.2 Å². The van der Waals surface area contributed by atoms with Crippen LogP contribution in [-0.2, 0) is 18.9 Å². The van der Waals surface area contributed by atoms with Crippen LogP contribution in [0.3, 0.4) is 0 Å². The SMILES string of the molecule is Cc1ncc(C(=O)O)c(-c2ccccc2)n1.[NH-]Cc1cc(C(F)(F)F)cc(C(F)(F)F)c1. The number of halogens is 6. The van der Waals surface area contributed by atoms with Crippen molar-refractivity contribution in [1.82, 2.24) is 9.97 Å². The summed E-state index contributed by atoms with van der Waals surface area (Å²) in [6, 6.07) is 10.3. The molecule has 1 aromatic heterocycles. The van der Waals surface area contributed by atoms with E-state index in [9.17, 15) is 31.1 Å². The third-order valence-electron chi connectivity index (χ3n) is 4.04. The van der Waals surface area contributed by atoms with E-state index in [-0.39, 0.29) is 17.2 Å². The number of aryl methyl sites for hydroxylation is 1. The number of hydrogen-bond acceptors (Lipinski definition) is 3. The standard InChI is InChI=1S/C12H10N2O2.C9H6F6N/c1-8-13-7-10(12(15)16)11(14-8)9-5-3-2-4-6-9;10-8(11,12)6-1-5(4-16)2-7(3-6)9(13,14)15/h2-7H,1H3,(H,15,16);1-3,16H,4H2/q;-1. The summed E-state index contributed by atoms with van der Waals surface area (Å²) in [6.45, 7) is 1.10. The van der Waals surface area contributed by atoms with Gasteiger partial charge in [0.05, 0.1) is 16.8 Å². The summed E-state index contributed by atoms with van der Waals surface area (Å²) in [5, 5.41) is 9.04. The zero-order valence-electron chi connectivity index (χ0n) is 16.4. The van der Waals surface area contributed by atoms with Crippen molar-refractivity contribution in [2.45, 2.75) is 25.8 Å². The van der Waals surface area contributed by atoms with Crippen LogP contribution in [0.5, 0.6) is 0 Å². The van der Waals surface area contributed by atoms with Gasteiger partial charge in [0, 0.05) is 11.8 Å². The number of alkyl halides is 6. The summed E-state index contributed by atoms with van der Waals surface area (Å²) < 4.78 is 73.5. The predicted octanol–water partition coefficient (Wildman–Crippen LogP) is 6.43. The fourth-order valence-corrected chi connectivity index (χ4v) is 2.56. The average Bonchev–Trinajstić information content (AvgIpc) is 2.73. The molecule has 0 saturated carbocycles. The Morgan fingerprint density at radius 3 is 1.94 bits per heavy atom. The summed E-state index contributed by atoms with van der Waals surface area (Å²) in [6.07, 6.45) is -8.34. The summed E-state index contributed by atoms with van der Waals surface area (Å²) in [7, 11) is 0. The van der Waals surface area contributed by atoms with E-state index in [0.29, 0.717) is 23.7 Å². The Morgan fingerprint density at radius 2 is 1.50 bits per heavy atom. The van der Waals surface area contributed by atoms with E-state index < -0.39 is 36.0 Å². The molecule has 0 saturated heterocycles. The highest BCUT2D eigenvalue weighted by Gasteiger charge is 2.36. The lowest BCUT2D eigenvalue weighted by atomic mass is 10.0. The van der Waals surface area contributed by atoms with Gasteiger partial charge in [-0.1, -0.05) is 35.9 Å². The number of aromatic nitrogens is 2. The summed E-state index contributed by atoms with van der Waals surface area (Å²) in [5.74, 6) is -0.456. The molecule has 170 valence electrons. The van der Waals surface area contributed by atoms with Crippen molar-refractivity contribution in [2.24, 2.45) is 0 Å². The first-order chi connectivity index (χ1) is 14.8. The molecule has 0 fully saturated rings. The Labute approximate surface area is 178 Å². The highest BCUT2D eigenvalue weighted by atomic mass is 19.4. The molecular formula is C21H16F6N3O2-. The van der Waals surface area contributed by atoms with Crippen molar-refractivity contribution in [1.29, 1.82) is 0 Å². The maximum Gasteiger partial charge on any atom is 0.416 e. The lowest BCUT2D eigenvalue weighted by Crippen LogP contribution is -2.11. The number of carboxylic acids is 1. The van der Waals surface area contributed by atoms with Gasteiger partial charge in [-0.15, -0.1) is 6.54 Å². The van der Waals surface area contributed by atoms with Gasteiger partial charge in [0.15, 0.2) is 0 Å². The first-order valence-electron chi connectivity index (χ1n) is 8.88. The molecule has 3 rings (SSSR count). The molecule has 0 aliphatic heterocycles. The van der Waals surface area contributed by atoms with Gasteiger partial charge in [0.2, 0.25) is 0 Å². The van der Waals surface area contributed by atoms with Crippen LogP contribution in [0.15, 0.2) is 54.7 Å². The van der Waals surface area contributed by atoms with Crippen LogP contribution >= 0.6 is 0 Å².